The van der Waals surface area contributed by atoms with Crippen molar-refractivity contribution in [3.8, 4) is 11.4 Å². The lowest BCUT2D eigenvalue weighted by Crippen LogP contribution is -2.49. The summed E-state index contributed by atoms with van der Waals surface area (Å²) in [5.41, 5.74) is 4.62. The number of carbonyl (C=O) groups excluding carboxylic acids is 1. The lowest BCUT2D eigenvalue weighted by atomic mass is 10.00. The molecule has 1 heterocycles. The first-order valence-electron chi connectivity index (χ1n) is 17.4. The number of quaternary nitrogens is 1. The summed E-state index contributed by atoms with van der Waals surface area (Å²) in [4.78, 5) is 22.9. The number of rotatable bonds is 16. The summed E-state index contributed by atoms with van der Waals surface area (Å²) < 4.78 is 3.21. The van der Waals surface area contributed by atoms with Crippen molar-refractivity contribution in [2.24, 2.45) is 0 Å². The van der Waals surface area contributed by atoms with E-state index in [0.717, 1.165) is 92.5 Å². The van der Waals surface area contributed by atoms with E-state index in [1.807, 2.05) is 0 Å². The van der Waals surface area contributed by atoms with Crippen LogP contribution in [0, 0.1) is 0 Å². The maximum atomic E-state index is 13.3. The number of anilines is 1. The Balaban J connectivity index is 1.37. The molecule has 0 saturated carbocycles. The molecule has 0 aliphatic rings. The van der Waals surface area contributed by atoms with Crippen molar-refractivity contribution in [3.63, 3.8) is 0 Å². The van der Waals surface area contributed by atoms with Gasteiger partial charge in [0.1, 0.15) is 5.82 Å². The number of unbranched alkanes of at least 4 members (excludes halogenated alkanes) is 4. The minimum absolute atomic E-state index is 0.306. The highest BCUT2D eigenvalue weighted by Crippen LogP contribution is 2.37. The topological polar surface area (TPSA) is 41.4 Å². The van der Waals surface area contributed by atoms with Crippen LogP contribution in [0.5, 0.6) is 0 Å². The summed E-state index contributed by atoms with van der Waals surface area (Å²) in [6, 6.07) is 26.2. The Morgan fingerprint density at radius 2 is 1.33 bits per heavy atom. The quantitative estimate of drug-likeness (QED) is 0.0629. The number of hydrogen-bond acceptors (Lipinski definition) is 3. The Labute approximate surface area is 276 Å². The molecule has 1 amide bonds. The van der Waals surface area contributed by atoms with E-state index < -0.39 is 0 Å². The Hall–Kier alpha value is -3.90. The summed E-state index contributed by atoms with van der Waals surface area (Å²) in [5.74, 6) is 1.34. The maximum absolute atomic E-state index is 13.3. The normalized spacial score (nSPS) is 12.0. The number of nitrogens with zero attached hydrogens (tertiary/aromatic N) is 5. The predicted octanol–water partition coefficient (Wildman–Crippen LogP) is 8.75. The smallest absolute Gasteiger partial charge is 0.277 e. The fourth-order valence-corrected chi connectivity index (χ4v) is 6.70. The number of aryl methyl sites for hydroxylation is 1. The molecule has 0 bridgehead atoms. The van der Waals surface area contributed by atoms with Crippen molar-refractivity contribution in [1.82, 2.24) is 14.5 Å². The standard InChI is InChI=1S/C40H54N5O/c1-7-9-26-43(27-10-8-2)37(46)30-45(5,6)29-17-11-16-28-44-39-36-21-15-13-19-34(36)33-18-12-14-20-35(33)38(39)41-40(44)31-22-24-32(25-23-31)42(3)4/h12-15,18-25H,7-11,16-17,26-30H2,1-6H3/q+1. The number of imidazole rings is 1. The third kappa shape index (κ3) is 7.55. The summed E-state index contributed by atoms with van der Waals surface area (Å²) in [5, 5.41) is 4.99. The molecule has 6 heteroatoms. The van der Waals surface area contributed by atoms with Crippen molar-refractivity contribution in [3.05, 3.63) is 72.8 Å². The van der Waals surface area contributed by atoms with Crippen molar-refractivity contribution < 1.29 is 9.28 Å². The zero-order chi connectivity index (χ0) is 32.7. The number of aromatic nitrogens is 2. The van der Waals surface area contributed by atoms with E-state index in [0.29, 0.717) is 12.5 Å². The molecule has 0 fully saturated rings. The molecule has 5 aromatic rings. The zero-order valence-electron chi connectivity index (χ0n) is 29.1. The molecular formula is C40H54N5O+. The van der Waals surface area contributed by atoms with E-state index in [9.17, 15) is 4.79 Å². The fourth-order valence-electron chi connectivity index (χ4n) is 6.70. The lowest BCUT2D eigenvalue weighted by Gasteiger charge is -2.32. The van der Waals surface area contributed by atoms with E-state index >= 15 is 0 Å². The number of likely N-dealkylation sites (N-methyl/N-ethyl adjacent to an activating group) is 1. The molecule has 6 nitrogen and oxygen atoms in total. The largest absolute Gasteiger partial charge is 0.378 e. The third-order valence-electron chi connectivity index (χ3n) is 9.39. The van der Waals surface area contributed by atoms with Gasteiger partial charge in [-0.05, 0) is 67.1 Å². The molecular weight excluding hydrogens is 566 g/mol. The van der Waals surface area contributed by atoms with Crippen LogP contribution in [0.4, 0.5) is 5.69 Å². The second-order valence-electron chi connectivity index (χ2n) is 13.8. The Bertz CT molecular complexity index is 1740. The van der Waals surface area contributed by atoms with Gasteiger partial charge in [0, 0.05) is 55.8 Å². The Morgan fingerprint density at radius 1 is 0.739 bits per heavy atom. The molecule has 0 unspecified atom stereocenters. The zero-order valence-corrected chi connectivity index (χ0v) is 29.1. The van der Waals surface area contributed by atoms with E-state index in [1.165, 1.54) is 32.7 Å². The highest BCUT2D eigenvalue weighted by atomic mass is 16.2. The summed E-state index contributed by atoms with van der Waals surface area (Å²) in [7, 11) is 8.58. The second-order valence-corrected chi connectivity index (χ2v) is 13.8. The average molecular weight is 621 g/mol. The van der Waals surface area contributed by atoms with E-state index in [4.69, 9.17) is 4.98 Å². The predicted molar refractivity (Wildman–Crippen MR) is 197 cm³/mol. The number of carbonyl (C=O) groups is 1. The third-order valence-corrected chi connectivity index (χ3v) is 9.39. The summed E-state index contributed by atoms with van der Waals surface area (Å²) in [6.45, 7) is 8.64. The molecule has 0 N–H and O–H groups in total. The Morgan fingerprint density at radius 3 is 1.93 bits per heavy atom. The van der Waals surface area contributed by atoms with Gasteiger partial charge in [0.05, 0.1) is 31.7 Å². The van der Waals surface area contributed by atoms with Crippen molar-refractivity contribution >= 4 is 44.2 Å². The van der Waals surface area contributed by atoms with Crippen LogP contribution in [0.1, 0.15) is 58.8 Å². The lowest BCUT2D eigenvalue weighted by molar-refractivity contribution is -0.883. The van der Waals surface area contributed by atoms with Crippen LogP contribution in [0.2, 0.25) is 0 Å². The SMILES string of the molecule is CCCCN(CCCC)C(=O)C[N+](C)(C)CCCCCn1c(-c2ccc(N(C)C)cc2)nc2c3ccccc3c3ccccc3c21. The highest BCUT2D eigenvalue weighted by Gasteiger charge is 2.24. The Kier molecular flexibility index (Phi) is 11.0. The molecule has 0 atom stereocenters. The van der Waals surface area contributed by atoms with Crippen molar-refractivity contribution in [1.29, 1.82) is 0 Å². The van der Waals surface area contributed by atoms with Crippen LogP contribution in [0.25, 0.3) is 44.0 Å². The molecule has 0 radical (unpaired) electrons. The number of amides is 1. The number of fused-ring (bicyclic) bond motifs is 6. The fraction of sp³-hybridized carbons (Fsp3) is 0.450. The van der Waals surface area contributed by atoms with Crippen LogP contribution < -0.4 is 4.90 Å². The molecule has 0 aliphatic carbocycles. The molecule has 5 rings (SSSR count). The molecule has 0 aliphatic heterocycles. The van der Waals surface area contributed by atoms with E-state index in [1.54, 1.807) is 0 Å². The minimum Gasteiger partial charge on any atom is -0.378 e. The van der Waals surface area contributed by atoms with Crippen LogP contribution in [-0.4, -0.2) is 79.2 Å². The molecule has 0 saturated heterocycles. The number of hydrogen-bond donors (Lipinski definition) is 0. The van der Waals surface area contributed by atoms with Crippen LogP contribution in [0.3, 0.4) is 0 Å². The summed E-state index contributed by atoms with van der Waals surface area (Å²) >= 11 is 0. The molecule has 4 aromatic carbocycles. The monoisotopic (exact) mass is 620 g/mol. The van der Waals surface area contributed by atoms with Crippen molar-refractivity contribution in [2.75, 3.05) is 59.3 Å². The average Bonchev–Trinajstić information content (AvgIpc) is 3.44. The first kappa shape index (κ1) is 33.5. The minimum atomic E-state index is 0.306. The van der Waals surface area contributed by atoms with E-state index in [-0.39, 0.29) is 0 Å². The van der Waals surface area contributed by atoms with E-state index in [2.05, 4.69) is 129 Å². The van der Waals surface area contributed by atoms with Gasteiger partial charge in [-0.25, -0.2) is 4.98 Å². The maximum Gasteiger partial charge on any atom is 0.277 e. The molecule has 46 heavy (non-hydrogen) atoms. The molecule has 1 aromatic heterocycles. The van der Waals surface area contributed by atoms with Gasteiger partial charge in [-0.3, -0.25) is 4.79 Å². The first-order valence-corrected chi connectivity index (χ1v) is 17.4. The highest BCUT2D eigenvalue weighted by molar-refractivity contribution is 6.23. The molecule has 244 valence electrons. The van der Waals surface area contributed by atoms with Gasteiger partial charge < -0.3 is 18.8 Å². The van der Waals surface area contributed by atoms with Gasteiger partial charge >= 0.3 is 0 Å². The van der Waals surface area contributed by atoms with Crippen LogP contribution in [0.15, 0.2) is 72.8 Å². The van der Waals surface area contributed by atoms with Gasteiger partial charge in [0.2, 0.25) is 0 Å². The van der Waals surface area contributed by atoms with Crippen LogP contribution in [-0.2, 0) is 11.3 Å². The van der Waals surface area contributed by atoms with Gasteiger partial charge in [-0.1, -0.05) is 75.2 Å². The van der Waals surface area contributed by atoms with Gasteiger partial charge in [-0.15, -0.1) is 0 Å². The molecule has 0 spiro atoms. The van der Waals surface area contributed by atoms with Gasteiger partial charge in [-0.2, -0.15) is 0 Å². The summed E-state index contributed by atoms with van der Waals surface area (Å²) in [6.07, 6.45) is 7.66. The van der Waals surface area contributed by atoms with Crippen LogP contribution >= 0.6 is 0 Å². The van der Waals surface area contributed by atoms with Gasteiger partial charge in [0.25, 0.3) is 5.91 Å². The first-order chi connectivity index (χ1) is 22.2. The van der Waals surface area contributed by atoms with Crippen molar-refractivity contribution in [2.45, 2.75) is 65.3 Å². The second kappa shape index (κ2) is 15.1. The number of benzene rings is 4. The van der Waals surface area contributed by atoms with Gasteiger partial charge in [0.15, 0.2) is 6.54 Å².